The third-order valence-electron chi connectivity index (χ3n) is 1.68. The van der Waals surface area contributed by atoms with Crippen LogP contribution in [0.25, 0.3) is 0 Å². The summed E-state index contributed by atoms with van der Waals surface area (Å²) in [6.45, 7) is 0. The molecule has 1 aromatic carbocycles. The molecular weight excluding hydrogens is 168 g/mol. The minimum atomic E-state index is -1.49. The summed E-state index contributed by atoms with van der Waals surface area (Å²) in [5.41, 5.74) is 0.799. The Balaban J connectivity index is 2.60. The van der Waals surface area contributed by atoms with Gasteiger partial charge in [0.25, 0.3) is 0 Å². The van der Waals surface area contributed by atoms with E-state index in [4.69, 9.17) is 5.11 Å². The molecule has 1 atom stereocenters. The summed E-state index contributed by atoms with van der Waals surface area (Å²) in [6, 6.07) is 8.99. The number of aliphatic hydroxyl groups is 1. The molecule has 0 bridgehead atoms. The highest BCUT2D eigenvalue weighted by Crippen LogP contribution is 2.01. The molecule has 3 nitrogen and oxygen atoms in total. The van der Waals surface area contributed by atoms with Crippen LogP contribution in [0.15, 0.2) is 30.3 Å². The number of rotatable bonds is 4. The maximum atomic E-state index is 11.1. The Hall–Kier alpha value is -1.48. The summed E-state index contributed by atoms with van der Waals surface area (Å²) < 4.78 is 0. The average molecular weight is 178 g/mol. The molecule has 1 aromatic rings. The maximum absolute atomic E-state index is 11.1. The van der Waals surface area contributed by atoms with Crippen LogP contribution in [0.2, 0.25) is 0 Å². The van der Waals surface area contributed by atoms with E-state index in [-0.39, 0.29) is 12.7 Å². The van der Waals surface area contributed by atoms with Crippen LogP contribution in [0.1, 0.15) is 5.56 Å². The molecule has 0 fully saturated rings. The molecule has 0 amide bonds. The number of aliphatic hydroxyl groups excluding tert-OH is 1. The Bertz CT molecular complexity index is 292. The van der Waals surface area contributed by atoms with Gasteiger partial charge in [-0.1, -0.05) is 30.3 Å². The fraction of sp³-hybridized carbons (Fsp3) is 0.200. The summed E-state index contributed by atoms with van der Waals surface area (Å²) in [7, 11) is 0. The van der Waals surface area contributed by atoms with Crippen LogP contribution >= 0.6 is 0 Å². The number of carbonyl (C=O) groups is 2. The van der Waals surface area contributed by atoms with Gasteiger partial charge in [0, 0.05) is 6.42 Å². The maximum Gasteiger partial charge on any atom is 0.172 e. The summed E-state index contributed by atoms with van der Waals surface area (Å²) in [5, 5.41) is 8.87. The lowest BCUT2D eigenvalue weighted by molar-refractivity contribution is -0.131. The fourth-order valence-corrected chi connectivity index (χ4v) is 0.978. The van der Waals surface area contributed by atoms with E-state index in [2.05, 4.69) is 0 Å². The summed E-state index contributed by atoms with van der Waals surface area (Å²) in [6.07, 6.45) is -1.15. The van der Waals surface area contributed by atoms with Gasteiger partial charge in [0.2, 0.25) is 0 Å². The molecule has 1 unspecified atom stereocenters. The quantitative estimate of drug-likeness (QED) is 0.535. The van der Waals surface area contributed by atoms with Gasteiger partial charge in [-0.15, -0.1) is 0 Å². The lowest BCUT2D eigenvalue weighted by atomic mass is 10.1. The summed E-state index contributed by atoms with van der Waals surface area (Å²) >= 11 is 0. The number of hydrogen-bond acceptors (Lipinski definition) is 3. The minimum absolute atomic E-state index is 0.0980. The van der Waals surface area contributed by atoms with Crippen molar-refractivity contribution in [2.75, 3.05) is 0 Å². The number of aldehydes is 1. The predicted molar refractivity (Wildman–Crippen MR) is 47.2 cm³/mol. The summed E-state index contributed by atoms with van der Waals surface area (Å²) in [4.78, 5) is 21.1. The Labute approximate surface area is 76.0 Å². The molecule has 0 spiro atoms. The lowest BCUT2D eigenvalue weighted by Crippen LogP contribution is -2.23. The third kappa shape index (κ3) is 2.80. The number of hydrogen-bond donors (Lipinski definition) is 1. The van der Waals surface area contributed by atoms with Crippen molar-refractivity contribution in [3.05, 3.63) is 35.9 Å². The van der Waals surface area contributed by atoms with Crippen LogP contribution in [0, 0.1) is 0 Å². The second-order valence-electron chi connectivity index (χ2n) is 2.71. The zero-order chi connectivity index (χ0) is 9.68. The molecular formula is C10H10O3. The molecule has 0 saturated heterocycles. The molecule has 1 N–H and O–H groups in total. The average Bonchev–Trinajstić information content (AvgIpc) is 2.18. The highest BCUT2D eigenvalue weighted by Gasteiger charge is 2.13. The predicted octanol–water partition coefficient (Wildman–Crippen LogP) is 0.358. The zero-order valence-electron chi connectivity index (χ0n) is 7.01. The van der Waals surface area contributed by atoms with Crippen molar-refractivity contribution in [2.24, 2.45) is 0 Å². The van der Waals surface area contributed by atoms with E-state index in [1.165, 1.54) is 0 Å². The van der Waals surface area contributed by atoms with Crippen molar-refractivity contribution >= 4 is 12.1 Å². The smallest absolute Gasteiger partial charge is 0.172 e. The van der Waals surface area contributed by atoms with Gasteiger partial charge < -0.3 is 5.11 Å². The molecule has 0 aliphatic carbocycles. The van der Waals surface area contributed by atoms with E-state index < -0.39 is 11.9 Å². The van der Waals surface area contributed by atoms with Crippen molar-refractivity contribution in [3.63, 3.8) is 0 Å². The van der Waals surface area contributed by atoms with E-state index >= 15 is 0 Å². The first-order valence-electron chi connectivity index (χ1n) is 3.94. The van der Waals surface area contributed by atoms with Crippen molar-refractivity contribution in [2.45, 2.75) is 12.5 Å². The second kappa shape index (κ2) is 4.52. The van der Waals surface area contributed by atoms with Crippen LogP contribution in [0.3, 0.4) is 0 Å². The minimum Gasteiger partial charge on any atom is -0.378 e. The van der Waals surface area contributed by atoms with Crippen LogP contribution in [0.5, 0.6) is 0 Å². The first-order chi connectivity index (χ1) is 6.24. The molecule has 0 aromatic heterocycles. The fourth-order valence-electron chi connectivity index (χ4n) is 0.978. The van der Waals surface area contributed by atoms with Gasteiger partial charge in [0.15, 0.2) is 18.2 Å². The van der Waals surface area contributed by atoms with Gasteiger partial charge in [-0.3, -0.25) is 9.59 Å². The van der Waals surface area contributed by atoms with E-state index in [0.29, 0.717) is 0 Å². The molecule has 1 rings (SSSR count). The Morgan fingerprint density at radius 2 is 2.00 bits per heavy atom. The van der Waals surface area contributed by atoms with Crippen LogP contribution in [0.4, 0.5) is 0 Å². The summed E-state index contributed by atoms with van der Waals surface area (Å²) in [5.74, 6) is -0.471. The van der Waals surface area contributed by atoms with Gasteiger partial charge in [-0.25, -0.2) is 0 Å². The first-order valence-corrected chi connectivity index (χ1v) is 3.94. The van der Waals surface area contributed by atoms with Gasteiger partial charge in [-0.05, 0) is 5.56 Å². The van der Waals surface area contributed by atoms with Gasteiger partial charge in [0.1, 0.15) is 0 Å². The molecule has 13 heavy (non-hydrogen) atoms. The lowest BCUT2D eigenvalue weighted by Gasteiger charge is -2.01. The van der Waals surface area contributed by atoms with Gasteiger partial charge in [-0.2, -0.15) is 0 Å². The highest BCUT2D eigenvalue weighted by atomic mass is 16.3. The number of benzene rings is 1. The molecule has 0 heterocycles. The second-order valence-corrected chi connectivity index (χ2v) is 2.71. The molecule has 0 saturated carbocycles. The third-order valence-corrected chi connectivity index (χ3v) is 1.68. The van der Waals surface area contributed by atoms with Crippen molar-refractivity contribution < 1.29 is 14.7 Å². The standard InChI is InChI=1S/C10H10O3/c11-7-10(13)9(12)6-8-4-2-1-3-5-8/h1-5,7,10,13H,6H2. The molecule has 0 aliphatic heterocycles. The Kier molecular flexibility index (Phi) is 3.34. The molecule has 68 valence electrons. The Morgan fingerprint density at radius 3 is 2.54 bits per heavy atom. The zero-order valence-corrected chi connectivity index (χ0v) is 7.01. The van der Waals surface area contributed by atoms with Crippen molar-refractivity contribution in [1.29, 1.82) is 0 Å². The monoisotopic (exact) mass is 178 g/mol. The molecule has 3 heteroatoms. The first kappa shape index (κ1) is 9.61. The topological polar surface area (TPSA) is 54.4 Å². The van der Waals surface area contributed by atoms with E-state index in [1.54, 1.807) is 24.3 Å². The van der Waals surface area contributed by atoms with E-state index in [1.807, 2.05) is 6.07 Å². The largest absolute Gasteiger partial charge is 0.378 e. The van der Waals surface area contributed by atoms with Gasteiger partial charge >= 0.3 is 0 Å². The molecule has 0 radical (unpaired) electrons. The van der Waals surface area contributed by atoms with Crippen molar-refractivity contribution in [3.8, 4) is 0 Å². The van der Waals surface area contributed by atoms with E-state index in [9.17, 15) is 9.59 Å². The van der Waals surface area contributed by atoms with Gasteiger partial charge in [0.05, 0.1) is 0 Å². The number of ketones is 1. The van der Waals surface area contributed by atoms with Crippen LogP contribution < -0.4 is 0 Å². The number of carbonyl (C=O) groups excluding carboxylic acids is 2. The normalized spacial score (nSPS) is 12.1. The highest BCUT2D eigenvalue weighted by molar-refractivity contribution is 5.96. The molecule has 0 aliphatic rings. The van der Waals surface area contributed by atoms with Crippen molar-refractivity contribution in [1.82, 2.24) is 0 Å². The van der Waals surface area contributed by atoms with Crippen LogP contribution in [-0.2, 0) is 16.0 Å². The van der Waals surface area contributed by atoms with E-state index in [0.717, 1.165) is 5.56 Å². The Morgan fingerprint density at radius 1 is 1.38 bits per heavy atom. The number of Topliss-reactive ketones (excluding diaryl/α,β-unsaturated/α-hetero) is 1. The van der Waals surface area contributed by atoms with Crippen LogP contribution in [-0.4, -0.2) is 23.3 Å². The SMILES string of the molecule is O=CC(O)C(=O)Cc1ccccc1.